The summed E-state index contributed by atoms with van der Waals surface area (Å²) in [7, 11) is 0. The summed E-state index contributed by atoms with van der Waals surface area (Å²) in [5.41, 5.74) is 0. The summed E-state index contributed by atoms with van der Waals surface area (Å²) < 4.78 is 16.5. The number of furan rings is 1. The number of nitrogens with one attached hydrogen (secondary N) is 1. The largest absolute Gasteiger partial charge is 0.465 e. The Balaban J connectivity index is 1.32. The van der Waals surface area contributed by atoms with Crippen molar-refractivity contribution < 1.29 is 18.5 Å². The SMILES string of the molecule is Cc1ccc(CN2CC[C@H]3CO[C@H](CNC(=O)c4ccno4)[C@H]3C2)o1. The Kier molecular flexibility index (Phi) is 4.59. The molecule has 0 aliphatic carbocycles. The van der Waals surface area contributed by atoms with Crippen LogP contribution in [0.4, 0.5) is 0 Å². The van der Waals surface area contributed by atoms with Gasteiger partial charge in [-0.25, -0.2) is 0 Å². The molecule has 2 aromatic rings. The molecule has 0 bridgehead atoms. The smallest absolute Gasteiger partial charge is 0.289 e. The lowest BCUT2D eigenvalue weighted by Gasteiger charge is -2.35. The highest BCUT2D eigenvalue weighted by molar-refractivity contribution is 5.91. The van der Waals surface area contributed by atoms with E-state index in [0.29, 0.717) is 18.4 Å². The van der Waals surface area contributed by atoms with Crippen molar-refractivity contribution in [1.29, 1.82) is 0 Å². The fraction of sp³-hybridized carbons (Fsp3) is 0.556. The number of rotatable bonds is 5. The molecular weight excluding hydrogens is 322 g/mol. The lowest BCUT2D eigenvalue weighted by molar-refractivity contribution is 0.0653. The van der Waals surface area contributed by atoms with Gasteiger partial charge in [0.1, 0.15) is 11.5 Å². The predicted octanol–water partition coefficient (Wildman–Crippen LogP) is 1.84. The Morgan fingerprint density at radius 2 is 2.32 bits per heavy atom. The summed E-state index contributed by atoms with van der Waals surface area (Å²) in [5.74, 6) is 2.94. The minimum atomic E-state index is -0.247. The Labute approximate surface area is 146 Å². The number of amides is 1. The predicted molar refractivity (Wildman–Crippen MR) is 88.9 cm³/mol. The number of nitrogens with zero attached hydrogens (tertiary/aromatic N) is 2. The molecule has 4 rings (SSSR count). The van der Waals surface area contributed by atoms with Gasteiger partial charge in [0.2, 0.25) is 5.76 Å². The van der Waals surface area contributed by atoms with E-state index in [-0.39, 0.29) is 17.8 Å². The van der Waals surface area contributed by atoms with Crippen LogP contribution in [-0.4, -0.2) is 48.3 Å². The topological polar surface area (TPSA) is 80.7 Å². The van der Waals surface area contributed by atoms with E-state index in [0.717, 1.165) is 44.2 Å². The first-order valence-corrected chi connectivity index (χ1v) is 8.77. The summed E-state index contributed by atoms with van der Waals surface area (Å²) >= 11 is 0. The van der Waals surface area contributed by atoms with Gasteiger partial charge in [0.05, 0.1) is 25.5 Å². The average Bonchev–Trinajstić information content (AvgIpc) is 3.34. The standard InChI is InChI=1S/C18H23N3O4/c1-12-2-3-14(24-12)9-21-7-5-13-11-23-17(15(13)10-21)8-19-18(22)16-4-6-20-25-16/h2-4,6,13,15,17H,5,7-11H2,1H3,(H,19,22)/t13-,15-,17+/m0/s1. The highest BCUT2D eigenvalue weighted by Gasteiger charge is 2.41. The molecule has 2 fully saturated rings. The van der Waals surface area contributed by atoms with Gasteiger partial charge in [0.15, 0.2) is 0 Å². The molecule has 25 heavy (non-hydrogen) atoms. The molecule has 7 nitrogen and oxygen atoms in total. The Morgan fingerprint density at radius 3 is 3.08 bits per heavy atom. The third kappa shape index (κ3) is 3.62. The highest BCUT2D eigenvalue weighted by atomic mass is 16.5. The Morgan fingerprint density at radius 1 is 1.40 bits per heavy atom. The molecule has 2 aliphatic heterocycles. The quantitative estimate of drug-likeness (QED) is 0.891. The summed E-state index contributed by atoms with van der Waals surface area (Å²) in [6, 6.07) is 5.60. The van der Waals surface area contributed by atoms with Crippen LogP contribution in [0.15, 0.2) is 33.3 Å². The first kappa shape index (κ1) is 16.4. The molecule has 2 saturated heterocycles. The number of carbonyl (C=O) groups excluding carboxylic acids is 1. The second-order valence-corrected chi connectivity index (χ2v) is 6.92. The molecule has 3 atom stereocenters. The van der Waals surface area contributed by atoms with E-state index in [9.17, 15) is 4.79 Å². The van der Waals surface area contributed by atoms with Crippen molar-refractivity contribution in [1.82, 2.24) is 15.4 Å². The lowest BCUT2D eigenvalue weighted by atomic mass is 9.84. The molecule has 7 heteroatoms. The number of aromatic nitrogens is 1. The van der Waals surface area contributed by atoms with Crippen molar-refractivity contribution in [2.24, 2.45) is 11.8 Å². The molecule has 1 N–H and O–H groups in total. The summed E-state index contributed by atoms with van der Waals surface area (Å²) in [5, 5.41) is 6.45. The third-order valence-corrected chi connectivity index (χ3v) is 5.19. The maximum absolute atomic E-state index is 12.0. The average molecular weight is 345 g/mol. The third-order valence-electron chi connectivity index (χ3n) is 5.19. The van der Waals surface area contributed by atoms with Crippen molar-refractivity contribution >= 4 is 5.91 Å². The Hall–Kier alpha value is -2.12. The second-order valence-electron chi connectivity index (χ2n) is 6.92. The maximum Gasteiger partial charge on any atom is 0.289 e. The fourth-order valence-corrected chi connectivity index (χ4v) is 3.86. The van der Waals surface area contributed by atoms with Crippen LogP contribution in [0.3, 0.4) is 0 Å². The van der Waals surface area contributed by atoms with Crippen molar-refractivity contribution in [3.63, 3.8) is 0 Å². The molecule has 0 unspecified atom stereocenters. The van der Waals surface area contributed by atoms with Gasteiger partial charge in [0, 0.05) is 25.1 Å². The van der Waals surface area contributed by atoms with Crippen LogP contribution in [0.25, 0.3) is 0 Å². The molecule has 4 heterocycles. The summed E-state index contributed by atoms with van der Waals surface area (Å²) in [6.45, 7) is 6.09. The van der Waals surface area contributed by atoms with E-state index in [2.05, 4.69) is 15.4 Å². The zero-order valence-corrected chi connectivity index (χ0v) is 14.3. The number of piperidine rings is 1. The summed E-state index contributed by atoms with van der Waals surface area (Å²) in [4.78, 5) is 14.4. The molecule has 0 aromatic carbocycles. The maximum atomic E-state index is 12.0. The number of carbonyl (C=O) groups is 1. The van der Waals surface area contributed by atoms with E-state index in [1.807, 2.05) is 19.1 Å². The number of ether oxygens (including phenoxy) is 1. The van der Waals surface area contributed by atoms with Crippen LogP contribution in [0.1, 0.15) is 28.5 Å². The summed E-state index contributed by atoms with van der Waals surface area (Å²) in [6.07, 6.45) is 2.63. The Bertz CT molecular complexity index is 712. The van der Waals surface area contributed by atoms with Gasteiger partial charge in [-0.1, -0.05) is 5.16 Å². The normalized spacial score (nSPS) is 26.5. The fourth-order valence-electron chi connectivity index (χ4n) is 3.86. The van der Waals surface area contributed by atoms with E-state index in [1.54, 1.807) is 6.07 Å². The second kappa shape index (κ2) is 7.01. The zero-order chi connectivity index (χ0) is 17.2. The minimum Gasteiger partial charge on any atom is -0.465 e. The molecule has 2 aromatic heterocycles. The van der Waals surface area contributed by atoms with Crippen molar-refractivity contribution in [2.75, 3.05) is 26.2 Å². The molecule has 0 spiro atoms. The van der Waals surface area contributed by atoms with Crippen LogP contribution >= 0.6 is 0 Å². The van der Waals surface area contributed by atoms with Crippen LogP contribution < -0.4 is 5.32 Å². The number of hydrogen-bond acceptors (Lipinski definition) is 6. The van der Waals surface area contributed by atoms with Gasteiger partial charge < -0.3 is 19.0 Å². The molecule has 0 saturated carbocycles. The first-order chi connectivity index (χ1) is 12.2. The molecule has 1 amide bonds. The van der Waals surface area contributed by atoms with E-state index < -0.39 is 0 Å². The van der Waals surface area contributed by atoms with Gasteiger partial charge in [-0.2, -0.15) is 0 Å². The number of hydrogen-bond donors (Lipinski definition) is 1. The van der Waals surface area contributed by atoms with Crippen molar-refractivity contribution in [3.8, 4) is 0 Å². The molecule has 2 aliphatic rings. The van der Waals surface area contributed by atoms with E-state index >= 15 is 0 Å². The van der Waals surface area contributed by atoms with Gasteiger partial charge in [0.25, 0.3) is 5.91 Å². The van der Waals surface area contributed by atoms with Gasteiger partial charge in [-0.05, 0) is 37.9 Å². The van der Waals surface area contributed by atoms with Crippen molar-refractivity contribution in [2.45, 2.75) is 26.0 Å². The van der Waals surface area contributed by atoms with Crippen LogP contribution in [0.2, 0.25) is 0 Å². The zero-order valence-electron chi connectivity index (χ0n) is 14.3. The number of fused-ring (bicyclic) bond motifs is 1. The van der Waals surface area contributed by atoms with E-state index in [4.69, 9.17) is 13.7 Å². The minimum absolute atomic E-state index is 0.0398. The monoisotopic (exact) mass is 345 g/mol. The number of likely N-dealkylation sites (tertiary alicyclic amines) is 1. The van der Waals surface area contributed by atoms with Crippen LogP contribution in [-0.2, 0) is 11.3 Å². The van der Waals surface area contributed by atoms with E-state index in [1.165, 1.54) is 6.20 Å². The van der Waals surface area contributed by atoms with Crippen LogP contribution in [0.5, 0.6) is 0 Å². The number of aryl methyl sites for hydroxylation is 1. The van der Waals surface area contributed by atoms with Crippen LogP contribution in [0, 0.1) is 18.8 Å². The van der Waals surface area contributed by atoms with Gasteiger partial charge in [-0.3, -0.25) is 9.69 Å². The lowest BCUT2D eigenvalue weighted by Crippen LogP contribution is -2.45. The molecule has 134 valence electrons. The molecular formula is C18H23N3O4. The van der Waals surface area contributed by atoms with Gasteiger partial charge >= 0.3 is 0 Å². The molecule has 0 radical (unpaired) electrons. The first-order valence-electron chi connectivity index (χ1n) is 8.77. The highest BCUT2D eigenvalue weighted by Crippen LogP contribution is 2.34. The van der Waals surface area contributed by atoms with Gasteiger partial charge in [-0.15, -0.1) is 0 Å². The van der Waals surface area contributed by atoms with Crippen molar-refractivity contribution in [3.05, 3.63) is 41.7 Å².